The lowest BCUT2D eigenvalue weighted by molar-refractivity contribution is -0.143. The van der Waals surface area contributed by atoms with Crippen LogP contribution in [0.2, 0.25) is 0 Å². The van der Waals surface area contributed by atoms with Gasteiger partial charge in [-0.1, -0.05) is 6.92 Å². The van der Waals surface area contributed by atoms with Gasteiger partial charge in [0.1, 0.15) is 0 Å². The molecule has 0 fully saturated rings. The Kier molecular flexibility index (Phi) is 7.15. The van der Waals surface area contributed by atoms with Gasteiger partial charge in [-0.15, -0.1) is 0 Å². The third-order valence-electron chi connectivity index (χ3n) is 6.43. The van der Waals surface area contributed by atoms with E-state index < -0.39 is 103 Å². The van der Waals surface area contributed by atoms with Crippen molar-refractivity contribution in [2.45, 2.75) is 63.8 Å². The molecular weight excluding hydrogens is 575 g/mol. The summed E-state index contributed by atoms with van der Waals surface area (Å²) in [7, 11) is 0.816. The van der Waals surface area contributed by atoms with E-state index in [4.69, 9.17) is 11.6 Å². The number of anilines is 1. The molecule has 0 radical (unpaired) electrons. The second kappa shape index (κ2) is 11.7. The SMILES string of the molecule is [2H]C([2H])([2H])C([2H])([2H])OC(=O)N1c2ccc(C(F)(F)F)cc2[C@@H](N(Cc2cc(C(F)(F)F)cc(C(F)(F)F)c2)C(=O)OC)C[C@@H]1CC. The van der Waals surface area contributed by atoms with E-state index in [9.17, 15) is 49.1 Å². The minimum atomic E-state index is -5.25. The first-order valence-electron chi connectivity index (χ1n) is 14.2. The van der Waals surface area contributed by atoms with Crippen LogP contribution < -0.4 is 4.90 Å². The Morgan fingerprint density at radius 1 is 0.976 bits per heavy atom. The number of nitrogens with zero attached hydrogens (tertiary/aromatic N) is 2. The maximum Gasteiger partial charge on any atom is 0.416 e. The first kappa shape index (κ1) is 25.1. The maximum absolute atomic E-state index is 13.8. The number of carbonyl (C=O) groups is 2. The van der Waals surface area contributed by atoms with E-state index in [1.165, 1.54) is 6.92 Å². The molecule has 0 saturated carbocycles. The van der Waals surface area contributed by atoms with Gasteiger partial charge in [-0.05, 0) is 67.2 Å². The van der Waals surface area contributed by atoms with E-state index in [1.807, 2.05) is 0 Å². The number of alkyl halides is 9. The second-order valence-corrected chi connectivity index (χ2v) is 8.94. The summed E-state index contributed by atoms with van der Waals surface area (Å²) in [5, 5.41) is 0. The molecule has 1 aliphatic rings. The number of ether oxygens (including phenoxy) is 2. The summed E-state index contributed by atoms with van der Waals surface area (Å²) in [5.41, 5.74) is -6.36. The minimum Gasteiger partial charge on any atom is -0.453 e. The normalized spacial score (nSPS) is 20.1. The highest BCUT2D eigenvalue weighted by molar-refractivity contribution is 5.90. The molecule has 0 spiro atoms. The van der Waals surface area contributed by atoms with Crippen molar-refractivity contribution < 1.29 is 65.4 Å². The van der Waals surface area contributed by atoms with Crippen molar-refractivity contribution >= 4 is 17.9 Å². The Hall–Kier alpha value is -3.65. The highest BCUT2D eigenvalue weighted by atomic mass is 19.4. The summed E-state index contributed by atoms with van der Waals surface area (Å²) < 4.78 is 169. The molecule has 0 unspecified atom stereocenters. The molecule has 0 bridgehead atoms. The van der Waals surface area contributed by atoms with Crippen LogP contribution in [0.4, 0.5) is 54.8 Å². The Balaban J connectivity index is 2.24. The number of methoxy groups -OCH3 is 1. The third kappa shape index (κ3) is 6.99. The number of carbonyl (C=O) groups excluding carboxylic acids is 2. The third-order valence-corrected chi connectivity index (χ3v) is 6.43. The number of benzene rings is 2. The molecular formula is C26H25F9N2O4. The summed E-state index contributed by atoms with van der Waals surface area (Å²) in [4.78, 5) is 27.4. The van der Waals surface area contributed by atoms with Crippen LogP contribution in [0.25, 0.3) is 0 Å². The highest BCUT2D eigenvalue weighted by Gasteiger charge is 2.43. The molecule has 6 nitrogen and oxygen atoms in total. The van der Waals surface area contributed by atoms with Crippen molar-refractivity contribution in [2.24, 2.45) is 0 Å². The lowest BCUT2D eigenvalue weighted by atomic mass is 9.87. The second-order valence-electron chi connectivity index (χ2n) is 8.94. The number of hydrogen-bond donors (Lipinski definition) is 0. The van der Waals surface area contributed by atoms with Gasteiger partial charge in [-0.25, -0.2) is 9.59 Å². The van der Waals surface area contributed by atoms with Crippen LogP contribution in [0.5, 0.6) is 0 Å². The van der Waals surface area contributed by atoms with Gasteiger partial charge in [0, 0.05) is 16.7 Å². The van der Waals surface area contributed by atoms with Crippen LogP contribution in [-0.4, -0.2) is 36.8 Å². The molecule has 1 heterocycles. The predicted molar refractivity (Wildman–Crippen MR) is 127 cm³/mol. The lowest BCUT2D eigenvalue weighted by Gasteiger charge is -2.43. The molecule has 0 aliphatic carbocycles. The van der Waals surface area contributed by atoms with Crippen molar-refractivity contribution in [2.75, 3.05) is 18.6 Å². The van der Waals surface area contributed by atoms with Gasteiger partial charge in [0.05, 0.1) is 44.8 Å². The van der Waals surface area contributed by atoms with Gasteiger partial charge in [0.15, 0.2) is 0 Å². The summed E-state index contributed by atoms with van der Waals surface area (Å²) in [6, 6.07) is -0.425. The van der Waals surface area contributed by atoms with Crippen molar-refractivity contribution in [3.05, 3.63) is 64.2 Å². The van der Waals surface area contributed by atoms with Gasteiger partial charge in [-0.2, -0.15) is 39.5 Å². The first-order chi connectivity index (χ1) is 20.8. The van der Waals surface area contributed by atoms with E-state index in [-0.39, 0.29) is 12.5 Å². The fraction of sp³-hybridized carbons (Fsp3) is 0.462. The minimum absolute atomic E-state index is 0.0698. The monoisotopic (exact) mass is 605 g/mol. The van der Waals surface area contributed by atoms with Crippen molar-refractivity contribution in [3.8, 4) is 0 Å². The topological polar surface area (TPSA) is 59.1 Å². The van der Waals surface area contributed by atoms with Gasteiger partial charge >= 0.3 is 30.7 Å². The molecule has 2 atom stereocenters. The van der Waals surface area contributed by atoms with E-state index in [0.717, 1.165) is 13.2 Å². The number of rotatable bonds is 5. The van der Waals surface area contributed by atoms with E-state index in [1.54, 1.807) is 0 Å². The summed E-state index contributed by atoms with van der Waals surface area (Å²) in [6.07, 6.45) is -19.1. The van der Waals surface area contributed by atoms with Crippen LogP contribution in [0.3, 0.4) is 0 Å². The highest BCUT2D eigenvalue weighted by Crippen LogP contribution is 2.45. The Labute approximate surface area is 235 Å². The largest absolute Gasteiger partial charge is 0.453 e. The van der Waals surface area contributed by atoms with Crippen LogP contribution >= 0.6 is 0 Å². The van der Waals surface area contributed by atoms with Gasteiger partial charge in [0.25, 0.3) is 0 Å². The van der Waals surface area contributed by atoms with Crippen LogP contribution in [0.1, 0.15) is 67.3 Å². The number of hydrogen-bond acceptors (Lipinski definition) is 4. The molecule has 0 N–H and O–H groups in total. The van der Waals surface area contributed by atoms with Crippen LogP contribution in [0.15, 0.2) is 36.4 Å². The quantitative estimate of drug-likeness (QED) is 0.323. The molecule has 41 heavy (non-hydrogen) atoms. The zero-order valence-electron chi connectivity index (χ0n) is 26.2. The van der Waals surface area contributed by atoms with E-state index in [0.29, 0.717) is 34.1 Å². The predicted octanol–water partition coefficient (Wildman–Crippen LogP) is 8.20. The molecule has 0 aromatic heterocycles. The van der Waals surface area contributed by atoms with Gasteiger partial charge in [-0.3, -0.25) is 9.80 Å². The lowest BCUT2D eigenvalue weighted by Crippen LogP contribution is -2.48. The zero-order valence-corrected chi connectivity index (χ0v) is 21.2. The molecule has 1 aliphatic heterocycles. The molecule has 15 heteroatoms. The Morgan fingerprint density at radius 3 is 2.05 bits per heavy atom. The molecule has 2 aromatic carbocycles. The molecule has 226 valence electrons. The molecule has 2 amide bonds. The Morgan fingerprint density at radius 2 is 1.56 bits per heavy atom. The van der Waals surface area contributed by atoms with E-state index >= 15 is 0 Å². The number of amides is 2. The number of fused-ring (bicyclic) bond motifs is 1. The molecule has 2 aromatic rings. The Bertz CT molecular complexity index is 1430. The first-order valence-corrected chi connectivity index (χ1v) is 11.7. The zero-order chi connectivity index (χ0) is 35.2. The standard InChI is InChI=1S/C26H25F9N2O4/c1-4-18-12-21(19-11-15(24(27,28)29)6-7-20(19)37(18)23(39)41-5-2)36(22(38)40-3)13-14-8-16(25(30,31)32)10-17(9-14)26(33,34)35/h6-11,18,21H,4-5,12-13H2,1-3H3/t18-,21-/m0/s1/i2D3,5D2. The summed E-state index contributed by atoms with van der Waals surface area (Å²) >= 11 is 0. The molecule has 3 rings (SSSR count). The van der Waals surface area contributed by atoms with Gasteiger partial charge < -0.3 is 9.47 Å². The average Bonchev–Trinajstić information content (AvgIpc) is 2.91. The smallest absolute Gasteiger partial charge is 0.416 e. The fourth-order valence-electron chi connectivity index (χ4n) is 4.62. The van der Waals surface area contributed by atoms with Gasteiger partial charge in [0.2, 0.25) is 0 Å². The molecule has 0 saturated heterocycles. The van der Waals surface area contributed by atoms with Crippen molar-refractivity contribution in [1.82, 2.24) is 4.90 Å². The van der Waals surface area contributed by atoms with E-state index in [2.05, 4.69) is 4.74 Å². The van der Waals surface area contributed by atoms with Crippen molar-refractivity contribution in [3.63, 3.8) is 0 Å². The van der Waals surface area contributed by atoms with Crippen LogP contribution in [0, 0.1) is 0 Å². The average molecular weight is 606 g/mol. The fourth-order valence-corrected chi connectivity index (χ4v) is 4.62. The van der Waals surface area contributed by atoms with Crippen molar-refractivity contribution in [1.29, 1.82) is 0 Å². The van der Waals surface area contributed by atoms with Crippen LogP contribution in [-0.2, 0) is 34.5 Å². The summed E-state index contributed by atoms with van der Waals surface area (Å²) in [5.74, 6) is 0. The summed E-state index contributed by atoms with van der Waals surface area (Å²) in [6.45, 7) is -6.60. The number of halogens is 9. The maximum atomic E-state index is 13.8.